The summed E-state index contributed by atoms with van der Waals surface area (Å²) in [5.41, 5.74) is 2.42. The van der Waals surface area contributed by atoms with Gasteiger partial charge in [0.15, 0.2) is 0 Å². The summed E-state index contributed by atoms with van der Waals surface area (Å²) in [4.78, 5) is 20.5. The van der Waals surface area contributed by atoms with Crippen molar-refractivity contribution in [2.75, 3.05) is 0 Å². The van der Waals surface area contributed by atoms with Gasteiger partial charge in [0.05, 0.1) is 0 Å². The fourth-order valence-corrected chi connectivity index (χ4v) is 4.45. The number of benzene rings is 2. The van der Waals surface area contributed by atoms with Crippen LogP contribution in [0.5, 0.6) is 0 Å². The number of hydrogen-bond acceptors (Lipinski definition) is 3. The lowest BCUT2D eigenvalue weighted by Crippen LogP contribution is -2.50. The van der Waals surface area contributed by atoms with Gasteiger partial charge in [-0.05, 0) is 69.0 Å². The van der Waals surface area contributed by atoms with E-state index in [1.807, 2.05) is 31.2 Å². The largest absolute Gasteiger partial charge is 0.271 e. The van der Waals surface area contributed by atoms with Crippen LogP contribution in [0, 0.1) is 12.7 Å². The molecular formula is C22H21FN2OS. The van der Waals surface area contributed by atoms with Gasteiger partial charge in [-0.2, -0.15) is 0 Å². The molecule has 1 aliphatic heterocycles. The Morgan fingerprint density at radius 2 is 1.81 bits per heavy atom. The lowest BCUT2D eigenvalue weighted by molar-refractivity contribution is 0.0648. The van der Waals surface area contributed by atoms with Crippen molar-refractivity contribution in [2.24, 2.45) is 4.99 Å². The molecule has 2 aromatic rings. The highest BCUT2D eigenvalue weighted by Crippen LogP contribution is 2.41. The second kappa shape index (κ2) is 6.97. The van der Waals surface area contributed by atoms with E-state index < -0.39 is 5.66 Å². The van der Waals surface area contributed by atoms with E-state index >= 15 is 0 Å². The van der Waals surface area contributed by atoms with Crippen molar-refractivity contribution in [1.82, 2.24) is 4.90 Å². The van der Waals surface area contributed by atoms with Crippen LogP contribution in [0.25, 0.3) is 0 Å². The molecule has 2 aliphatic rings. The molecule has 1 fully saturated rings. The summed E-state index contributed by atoms with van der Waals surface area (Å²) in [5, 5.41) is 0. The van der Waals surface area contributed by atoms with Crippen LogP contribution in [0.2, 0.25) is 0 Å². The fraction of sp³-hybridized carbons (Fsp3) is 0.318. The zero-order chi connectivity index (χ0) is 19.0. The molecule has 1 amide bonds. The van der Waals surface area contributed by atoms with E-state index in [0.29, 0.717) is 16.3 Å². The number of carbonyl (C=O) groups excluding carboxylic acids is 1. The average Bonchev–Trinajstić information content (AvgIpc) is 2.94. The van der Waals surface area contributed by atoms with Crippen molar-refractivity contribution in [1.29, 1.82) is 0 Å². The third-order valence-electron chi connectivity index (χ3n) is 5.38. The Labute approximate surface area is 163 Å². The lowest BCUT2D eigenvalue weighted by Gasteiger charge is -2.38. The number of halogens is 1. The third kappa shape index (κ3) is 3.21. The highest BCUT2D eigenvalue weighted by atomic mass is 32.1. The van der Waals surface area contributed by atoms with Crippen molar-refractivity contribution >= 4 is 28.8 Å². The maximum atomic E-state index is 13.4. The Balaban J connectivity index is 1.77. The Hall–Kier alpha value is -2.40. The number of rotatable bonds is 2. The van der Waals surface area contributed by atoms with Gasteiger partial charge in [0, 0.05) is 11.1 Å². The first-order valence-corrected chi connectivity index (χ1v) is 9.72. The molecule has 0 radical (unpaired) electrons. The molecule has 4 rings (SSSR count). The second-order valence-electron chi connectivity index (χ2n) is 7.33. The van der Waals surface area contributed by atoms with Crippen molar-refractivity contribution in [3.8, 4) is 0 Å². The number of hydrogen-bond donors (Lipinski definition) is 0. The van der Waals surface area contributed by atoms with Gasteiger partial charge in [-0.3, -0.25) is 14.7 Å². The predicted molar refractivity (Wildman–Crippen MR) is 109 cm³/mol. The predicted octanol–water partition coefficient (Wildman–Crippen LogP) is 5.07. The van der Waals surface area contributed by atoms with Crippen LogP contribution in [0.15, 0.2) is 53.5 Å². The van der Waals surface area contributed by atoms with Crippen LogP contribution in [0.1, 0.15) is 53.6 Å². The van der Waals surface area contributed by atoms with E-state index in [0.717, 1.165) is 43.2 Å². The van der Waals surface area contributed by atoms with Crippen molar-refractivity contribution in [3.05, 3.63) is 71.0 Å². The zero-order valence-electron chi connectivity index (χ0n) is 15.2. The molecule has 0 atom stereocenters. The number of amides is 1. The quantitative estimate of drug-likeness (QED) is 0.682. The van der Waals surface area contributed by atoms with Crippen LogP contribution >= 0.6 is 12.2 Å². The van der Waals surface area contributed by atoms with Gasteiger partial charge in [-0.25, -0.2) is 4.39 Å². The van der Waals surface area contributed by atoms with Gasteiger partial charge in [0.1, 0.15) is 22.2 Å². The molecule has 0 saturated heterocycles. The van der Waals surface area contributed by atoms with Crippen molar-refractivity contribution in [3.63, 3.8) is 0 Å². The van der Waals surface area contributed by atoms with Gasteiger partial charge in [0.25, 0.3) is 5.91 Å². The van der Waals surface area contributed by atoms with Crippen LogP contribution in [-0.2, 0) is 0 Å². The maximum absolute atomic E-state index is 13.4. The zero-order valence-corrected chi connectivity index (χ0v) is 16.1. The van der Waals surface area contributed by atoms with Gasteiger partial charge in [-0.15, -0.1) is 0 Å². The minimum absolute atomic E-state index is 0.105. The molecule has 3 nitrogen and oxygen atoms in total. The molecular weight excluding hydrogens is 359 g/mol. The Morgan fingerprint density at radius 3 is 2.48 bits per heavy atom. The summed E-state index contributed by atoms with van der Waals surface area (Å²) in [5.74, 6) is -0.408. The van der Waals surface area contributed by atoms with Crippen LogP contribution in [0.4, 0.5) is 4.39 Å². The molecule has 1 saturated carbocycles. The van der Waals surface area contributed by atoms with Crippen molar-refractivity contribution < 1.29 is 9.18 Å². The van der Waals surface area contributed by atoms with Crippen LogP contribution in [0.3, 0.4) is 0 Å². The highest BCUT2D eigenvalue weighted by Gasteiger charge is 2.48. The topological polar surface area (TPSA) is 32.7 Å². The molecule has 1 spiro atoms. The molecule has 0 bridgehead atoms. The number of aryl methyl sites for hydroxylation is 1. The highest BCUT2D eigenvalue weighted by molar-refractivity contribution is 7.82. The number of nitrogens with zero attached hydrogens (tertiary/aromatic N) is 2. The summed E-state index contributed by atoms with van der Waals surface area (Å²) in [6.45, 7) is 1.97. The molecule has 27 heavy (non-hydrogen) atoms. The lowest BCUT2D eigenvalue weighted by atomic mass is 9.88. The minimum atomic E-state index is -0.611. The van der Waals surface area contributed by atoms with Gasteiger partial charge in [0.2, 0.25) is 0 Å². The van der Waals surface area contributed by atoms with E-state index in [1.165, 1.54) is 12.1 Å². The summed E-state index contributed by atoms with van der Waals surface area (Å²) in [6.07, 6.45) is 4.77. The van der Waals surface area contributed by atoms with Crippen LogP contribution < -0.4 is 0 Å². The van der Waals surface area contributed by atoms with E-state index in [4.69, 9.17) is 17.2 Å². The maximum Gasteiger partial charge on any atom is 0.260 e. The first-order valence-electron chi connectivity index (χ1n) is 9.32. The number of carbonyl (C=O) groups is 1. The van der Waals surface area contributed by atoms with Crippen LogP contribution in [-0.4, -0.2) is 27.2 Å². The minimum Gasteiger partial charge on any atom is -0.271 e. The molecule has 5 heteroatoms. The number of aliphatic imine (C=N–C) groups is 1. The molecule has 0 N–H and O–H groups in total. The summed E-state index contributed by atoms with van der Waals surface area (Å²) in [7, 11) is 0. The van der Waals surface area contributed by atoms with E-state index in [-0.39, 0.29) is 11.7 Å². The summed E-state index contributed by atoms with van der Waals surface area (Å²) >= 11 is 5.72. The summed E-state index contributed by atoms with van der Waals surface area (Å²) in [6, 6.07) is 13.7. The second-order valence-corrected chi connectivity index (χ2v) is 7.71. The van der Waals surface area contributed by atoms with Gasteiger partial charge in [-0.1, -0.05) is 36.3 Å². The monoisotopic (exact) mass is 380 g/mol. The Bertz CT molecular complexity index is 930. The summed E-state index contributed by atoms with van der Waals surface area (Å²) < 4.78 is 13.3. The normalized spacial score (nSPS) is 18.7. The van der Waals surface area contributed by atoms with E-state index in [1.54, 1.807) is 17.0 Å². The molecule has 0 unspecified atom stereocenters. The van der Waals surface area contributed by atoms with Gasteiger partial charge < -0.3 is 0 Å². The first-order chi connectivity index (χ1) is 13.0. The Kier molecular flexibility index (Phi) is 4.64. The molecule has 2 aromatic carbocycles. The molecule has 1 heterocycles. The first kappa shape index (κ1) is 18.0. The third-order valence-corrected chi connectivity index (χ3v) is 5.76. The van der Waals surface area contributed by atoms with E-state index in [2.05, 4.69) is 0 Å². The number of thiocarbonyl (C=S) groups is 1. The SMILES string of the molecule is Cc1cccc(C(=O)N2C(=S)C(c3ccc(F)cc3)=NC23CCCCC3)c1. The standard InChI is InChI=1S/C22H21FN2OS/c1-15-6-5-7-17(14-15)20(26)25-21(27)19(16-8-10-18(23)11-9-16)24-22(25)12-3-2-4-13-22/h5-11,14H,2-4,12-13H2,1H3. The van der Waals surface area contributed by atoms with Crippen molar-refractivity contribution in [2.45, 2.75) is 44.7 Å². The smallest absolute Gasteiger partial charge is 0.260 e. The Morgan fingerprint density at radius 1 is 1.11 bits per heavy atom. The molecule has 0 aromatic heterocycles. The van der Waals surface area contributed by atoms with Gasteiger partial charge >= 0.3 is 0 Å². The fourth-order valence-electron chi connectivity index (χ4n) is 4.04. The average molecular weight is 380 g/mol. The van der Waals surface area contributed by atoms with E-state index in [9.17, 15) is 9.18 Å². The molecule has 1 aliphatic carbocycles. The molecule has 138 valence electrons.